The number of carbonyl (C=O) groups is 3. The molecule has 0 radical (unpaired) electrons. The quantitative estimate of drug-likeness (QED) is 0.108. The van der Waals surface area contributed by atoms with E-state index in [0.717, 1.165) is 11.1 Å². The van der Waals surface area contributed by atoms with Gasteiger partial charge >= 0.3 is 12.1 Å². The van der Waals surface area contributed by atoms with Crippen molar-refractivity contribution in [2.24, 2.45) is 5.92 Å². The van der Waals surface area contributed by atoms with Gasteiger partial charge in [0.15, 0.2) is 24.7 Å². The third kappa shape index (κ3) is 11.7. The summed E-state index contributed by atoms with van der Waals surface area (Å²) in [6, 6.07) is 14.8. The molecule has 274 valence electrons. The highest BCUT2D eigenvalue weighted by Crippen LogP contribution is 2.17. The van der Waals surface area contributed by atoms with Crippen LogP contribution in [0.5, 0.6) is 0 Å². The van der Waals surface area contributed by atoms with Gasteiger partial charge in [0, 0.05) is 13.0 Å². The average Bonchev–Trinajstić information content (AvgIpc) is 3.82. The van der Waals surface area contributed by atoms with Crippen LogP contribution in [0, 0.1) is 5.92 Å². The van der Waals surface area contributed by atoms with Crippen molar-refractivity contribution in [1.82, 2.24) is 30.8 Å². The molecule has 4 rings (SSSR count). The standard InChI is InChI=1S/C37H48N6O8/c1-23(2)31(42-36(47)43(5)19-27-20-49-35(39-27)24(3)4)34(46)40-29(16-25-12-8-6-9-13-25)32(44)33(45)30(17-26-14-10-7-11-15-26)41-37(48)50-21-28-18-38-22-51-28/h6-15,18,20,22-24,29-33,44-45H,16-17,19,21H2,1-5H3,(H,40,46)(H,41,48)(H,42,47)/t29-,30-,31-,32-,33+/m0/s1. The molecule has 0 unspecified atom stereocenters. The van der Waals surface area contributed by atoms with Crippen LogP contribution in [0.25, 0.3) is 0 Å². The number of aliphatic hydroxyl groups excluding tert-OH is 2. The highest BCUT2D eigenvalue weighted by molar-refractivity contribution is 5.87. The van der Waals surface area contributed by atoms with E-state index in [1.165, 1.54) is 23.8 Å². The summed E-state index contributed by atoms with van der Waals surface area (Å²) >= 11 is 0. The van der Waals surface area contributed by atoms with Gasteiger partial charge in [-0.1, -0.05) is 88.4 Å². The maximum atomic E-state index is 13.9. The molecule has 2 heterocycles. The topological polar surface area (TPSA) is 192 Å². The van der Waals surface area contributed by atoms with Crippen LogP contribution in [0.2, 0.25) is 0 Å². The predicted molar refractivity (Wildman–Crippen MR) is 187 cm³/mol. The van der Waals surface area contributed by atoms with Crippen LogP contribution in [0.3, 0.4) is 0 Å². The summed E-state index contributed by atoms with van der Waals surface area (Å²) in [5.74, 6) is 0.0859. The highest BCUT2D eigenvalue weighted by Gasteiger charge is 2.36. The second-order valence-electron chi connectivity index (χ2n) is 13.1. The lowest BCUT2D eigenvalue weighted by atomic mass is 9.90. The number of benzene rings is 2. The first-order valence-corrected chi connectivity index (χ1v) is 16.9. The number of rotatable bonds is 17. The van der Waals surface area contributed by atoms with Crippen molar-refractivity contribution in [2.45, 2.75) is 89.9 Å². The normalized spacial score (nSPS) is 14.3. The smallest absolute Gasteiger partial charge is 0.407 e. The second-order valence-corrected chi connectivity index (χ2v) is 13.1. The summed E-state index contributed by atoms with van der Waals surface area (Å²) in [6.45, 7) is 7.46. The predicted octanol–water partition coefficient (Wildman–Crippen LogP) is 3.94. The number of oxazole rings is 2. The van der Waals surface area contributed by atoms with Crippen molar-refractivity contribution in [2.75, 3.05) is 7.05 Å². The number of aromatic nitrogens is 2. The van der Waals surface area contributed by atoms with E-state index >= 15 is 0 Å². The molecular weight excluding hydrogens is 656 g/mol. The van der Waals surface area contributed by atoms with E-state index in [1.807, 2.05) is 74.5 Å². The molecule has 0 fully saturated rings. The monoisotopic (exact) mass is 704 g/mol. The van der Waals surface area contributed by atoms with Crippen LogP contribution in [0.4, 0.5) is 9.59 Å². The van der Waals surface area contributed by atoms with Gasteiger partial charge in [-0.2, -0.15) is 0 Å². The van der Waals surface area contributed by atoms with Gasteiger partial charge in [-0.15, -0.1) is 0 Å². The number of alkyl carbamates (subject to hydrolysis) is 1. The van der Waals surface area contributed by atoms with Crippen LogP contribution < -0.4 is 16.0 Å². The first kappa shape index (κ1) is 38.6. The van der Waals surface area contributed by atoms with Crippen molar-refractivity contribution in [1.29, 1.82) is 0 Å². The maximum absolute atomic E-state index is 13.9. The minimum atomic E-state index is -1.56. The summed E-state index contributed by atoms with van der Waals surface area (Å²) in [5, 5.41) is 31.7. The molecule has 0 spiro atoms. The van der Waals surface area contributed by atoms with Gasteiger partial charge < -0.3 is 44.6 Å². The van der Waals surface area contributed by atoms with Crippen LogP contribution >= 0.6 is 0 Å². The number of urea groups is 1. The van der Waals surface area contributed by atoms with Crippen LogP contribution in [-0.2, 0) is 35.5 Å². The molecular formula is C37H48N6O8. The molecule has 14 heteroatoms. The van der Waals surface area contributed by atoms with Crippen LogP contribution in [-0.4, -0.2) is 80.5 Å². The Balaban J connectivity index is 1.50. The van der Waals surface area contributed by atoms with Crippen molar-refractivity contribution < 1.29 is 38.2 Å². The zero-order valence-corrected chi connectivity index (χ0v) is 29.6. The Bertz CT molecular complexity index is 1650. The minimum Gasteiger partial charge on any atom is -0.448 e. The Labute approximate surface area is 297 Å². The number of ether oxygens (including phenoxy) is 1. The number of nitrogens with one attached hydrogen (secondary N) is 3. The Kier molecular flexibility index (Phi) is 14.1. The Morgan fingerprint density at radius 3 is 1.94 bits per heavy atom. The summed E-state index contributed by atoms with van der Waals surface area (Å²) < 4.78 is 15.9. The lowest BCUT2D eigenvalue weighted by Crippen LogP contribution is -2.60. The van der Waals surface area contributed by atoms with E-state index in [1.54, 1.807) is 20.9 Å². The number of hydrogen-bond donors (Lipinski definition) is 5. The lowest BCUT2D eigenvalue weighted by molar-refractivity contribution is -0.126. The first-order chi connectivity index (χ1) is 24.4. The fraction of sp³-hybridized carbons (Fsp3) is 0.432. The van der Waals surface area contributed by atoms with Crippen molar-refractivity contribution in [3.8, 4) is 0 Å². The van der Waals surface area contributed by atoms with Gasteiger partial charge in [0.05, 0.1) is 30.5 Å². The van der Waals surface area contributed by atoms with E-state index < -0.39 is 48.4 Å². The fourth-order valence-corrected chi connectivity index (χ4v) is 5.40. The van der Waals surface area contributed by atoms with Gasteiger partial charge in [0.25, 0.3) is 0 Å². The molecule has 2 aromatic carbocycles. The van der Waals surface area contributed by atoms with Crippen molar-refractivity contribution >= 4 is 18.0 Å². The number of carbonyl (C=O) groups excluding carboxylic acids is 3. The van der Waals surface area contributed by atoms with Gasteiger partial charge in [0.1, 0.15) is 24.5 Å². The largest absolute Gasteiger partial charge is 0.448 e. The first-order valence-electron chi connectivity index (χ1n) is 16.9. The minimum absolute atomic E-state index is 0.0907. The van der Waals surface area contributed by atoms with Crippen LogP contribution in [0.15, 0.2) is 88.4 Å². The van der Waals surface area contributed by atoms with E-state index in [9.17, 15) is 24.6 Å². The number of nitrogens with zero attached hydrogens (tertiary/aromatic N) is 3. The Morgan fingerprint density at radius 2 is 1.43 bits per heavy atom. The molecule has 0 saturated carbocycles. The van der Waals surface area contributed by atoms with Gasteiger partial charge in [-0.05, 0) is 29.9 Å². The summed E-state index contributed by atoms with van der Waals surface area (Å²) in [5.41, 5.74) is 2.14. The molecule has 4 aromatic rings. The zero-order chi connectivity index (χ0) is 36.9. The maximum Gasteiger partial charge on any atom is 0.407 e. The molecule has 0 saturated heterocycles. The SMILES string of the molecule is CC(C)c1nc(CN(C)C(=O)N[C@H](C(=O)N[C@@H](Cc2ccccc2)[C@H](O)[C@H](O)[C@H](Cc2ccccc2)NC(=O)OCc2cnco2)C(C)C)co1. The molecule has 0 aliphatic carbocycles. The molecule has 0 aliphatic rings. The highest BCUT2D eigenvalue weighted by atomic mass is 16.6. The van der Waals surface area contributed by atoms with Gasteiger partial charge in [0.2, 0.25) is 5.91 Å². The molecule has 0 bridgehead atoms. The Hall–Kier alpha value is -5.21. The van der Waals surface area contributed by atoms with Gasteiger partial charge in [-0.3, -0.25) is 4.79 Å². The molecule has 5 N–H and O–H groups in total. The third-order valence-electron chi connectivity index (χ3n) is 8.27. The molecule has 4 amide bonds. The van der Waals surface area contributed by atoms with E-state index in [-0.39, 0.29) is 37.8 Å². The molecule has 14 nitrogen and oxygen atoms in total. The number of hydrogen-bond acceptors (Lipinski definition) is 10. The van der Waals surface area contributed by atoms with E-state index in [0.29, 0.717) is 17.3 Å². The Morgan fingerprint density at radius 1 is 0.843 bits per heavy atom. The average molecular weight is 705 g/mol. The van der Waals surface area contributed by atoms with E-state index in [4.69, 9.17) is 13.6 Å². The summed E-state index contributed by atoms with van der Waals surface area (Å²) in [4.78, 5) is 49.6. The fourth-order valence-electron chi connectivity index (χ4n) is 5.40. The second kappa shape index (κ2) is 18.7. The lowest BCUT2D eigenvalue weighted by Gasteiger charge is -2.34. The van der Waals surface area contributed by atoms with Crippen molar-refractivity contribution in [3.63, 3.8) is 0 Å². The van der Waals surface area contributed by atoms with Gasteiger partial charge in [-0.25, -0.2) is 19.6 Å². The van der Waals surface area contributed by atoms with Crippen molar-refractivity contribution in [3.05, 3.63) is 108 Å². The molecule has 2 aromatic heterocycles. The summed E-state index contributed by atoms with van der Waals surface area (Å²) in [7, 11) is 1.59. The zero-order valence-electron chi connectivity index (χ0n) is 29.6. The third-order valence-corrected chi connectivity index (χ3v) is 8.27. The van der Waals surface area contributed by atoms with E-state index in [2.05, 4.69) is 25.9 Å². The molecule has 5 atom stereocenters. The number of amides is 4. The molecule has 0 aliphatic heterocycles. The van der Waals surface area contributed by atoms with Crippen LogP contribution in [0.1, 0.15) is 62.1 Å². The number of aliphatic hydroxyl groups is 2. The molecule has 51 heavy (non-hydrogen) atoms. The summed E-state index contributed by atoms with van der Waals surface area (Å²) in [6.07, 6.45) is 0.437.